The lowest BCUT2D eigenvalue weighted by Crippen LogP contribution is -2.23. The standard InChI is InChI=1S/C9H13N.C6H9NO3/c1-8(10)7-9-5-3-2-4-6-9;1-2-3-10-6(9)4-7-5-8/h2-6,8H,7,10H2,1H3;2,5H,1,3-4H2,(H,7,8). The van der Waals surface area contributed by atoms with E-state index in [9.17, 15) is 9.59 Å². The first-order valence-corrected chi connectivity index (χ1v) is 6.33. The lowest BCUT2D eigenvalue weighted by molar-refractivity contribution is -0.141. The zero-order chi connectivity index (χ0) is 15.2. The van der Waals surface area contributed by atoms with Crippen LogP contribution in [0.25, 0.3) is 0 Å². The molecule has 1 unspecified atom stereocenters. The summed E-state index contributed by atoms with van der Waals surface area (Å²) in [6.45, 7) is 5.46. The summed E-state index contributed by atoms with van der Waals surface area (Å²) in [6.07, 6.45) is 2.87. The molecular weight excluding hydrogens is 256 g/mol. The Hall–Kier alpha value is -2.14. The van der Waals surface area contributed by atoms with Gasteiger partial charge >= 0.3 is 5.97 Å². The third-order valence-electron chi connectivity index (χ3n) is 2.09. The van der Waals surface area contributed by atoms with Gasteiger partial charge in [0.05, 0.1) is 0 Å². The minimum atomic E-state index is -0.466. The van der Waals surface area contributed by atoms with Gasteiger partial charge in [-0.15, -0.1) is 0 Å². The quantitative estimate of drug-likeness (QED) is 0.443. The maximum atomic E-state index is 10.5. The number of carbonyl (C=O) groups excluding carboxylic acids is 2. The average Bonchev–Trinajstić information content (AvgIpc) is 2.44. The van der Waals surface area contributed by atoms with Crippen molar-refractivity contribution in [2.45, 2.75) is 19.4 Å². The molecule has 110 valence electrons. The van der Waals surface area contributed by atoms with Crippen molar-refractivity contribution in [2.24, 2.45) is 5.73 Å². The molecule has 0 heterocycles. The Morgan fingerprint density at radius 3 is 2.60 bits per heavy atom. The van der Waals surface area contributed by atoms with E-state index in [2.05, 4.69) is 28.8 Å². The van der Waals surface area contributed by atoms with E-state index in [1.165, 1.54) is 11.6 Å². The lowest BCUT2D eigenvalue weighted by atomic mass is 10.1. The van der Waals surface area contributed by atoms with Crippen molar-refractivity contribution < 1.29 is 14.3 Å². The molecule has 0 bridgehead atoms. The first-order valence-electron chi connectivity index (χ1n) is 6.33. The molecule has 0 aromatic heterocycles. The number of benzene rings is 1. The first-order chi connectivity index (χ1) is 9.60. The molecule has 5 heteroatoms. The van der Waals surface area contributed by atoms with Crippen molar-refractivity contribution in [3.05, 3.63) is 48.6 Å². The van der Waals surface area contributed by atoms with E-state index in [4.69, 9.17) is 5.73 Å². The molecule has 0 fully saturated rings. The molecule has 0 radical (unpaired) electrons. The molecular formula is C15H22N2O3. The summed E-state index contributed by atoms with van der Waals surface area (Å²) in [6, 6.07) is 10.6. The van der Waals surface area contributed by atoms with E-state index in [1.54, 1.807) is 0 Å². The van der Waals surface area contributed by atoms with E-state index in [1.807, 2.05) is 25.1 Å². The van der Waals surface area contributed by atoms with Crippen LogP contribution in [0.1, 0.15) is 12.5 Å². The van der Waals surface area contributed by atoms with Gasteiger partial charge in [0, 0.05) is 6.04 Å². The number of rotatable bonds is 7. The molecule has 1 amide bonds. The van der Waals surface area contributed by atoms with Crippen molar-refractivity contribution in [1.29, 1.82) is 0 Å². The zero-order valence-electron chi connectivity index (χ0n) is 11.7. The van der Waals surface area contributed by atoms with E-state index >= 15 is 0 Å². The smallest absolute Gasteiger partial charge is 0.325 e. The van der Waals surface area contributed by atoms with Gasteiger partial charge in [0.2, 0.25) is 6.41 Å². The molecule has 0 saturated heterocycles. The van der Waals surface area contributed by atoms with Crippen LogP contribution in [0, 0.1) is 0 Å². The molecule has 1 aromatic rings. The Kier molecular flexibility index (Phi) is 10.6. The zero-order valence-corrected chi connectivity index (χ0v) is 11.7. The number of hydrogen-bond acceptors (Lipinski definition) is 4. The van der Waals surface area contributed by atoms with Crippen LogP contribution in [-0.4, -0.2) is 31.6 Å². The highest BCUT2D eigenvalue weighted by molar-refractivity contribution is 5.74. The summed E-state index contributed by atoms with van der Waals surface area (Å²) in [4.78, 5) is 20.1. The summed E-state index contributed by atoms with van der Waals surface area (Å²) >= 11 is 0. The number of esters is 1. The summed E-state index contributed by atoms with van der Waals surface area (Å²) in [5.74, 6) is -0.466. The minimum Gasteiger partial charge on any atom is -0.460 e. The number of hydrogen-bond donors (Lipinski definition) is 2. The number of nitrogens with one attached hydrogen (secondary N) is 1. The van der Waals surface area contributed by atoms with Gasteiger partial charge < -0.3 is 15.8 Å². The van der Waals surface area contributed by atoms with Crippen molar-refractivity contribution in [3.8, 4) is 0 Å². The van der Waals surface area contributed by atoms with Crippen LogP contribution in [0.2, 0.25) is 0 Å². The molecule has 20 heavy (non-hydrogen) atoms. The van der Waals surface area contributed by atoms with Gasteiger partial charge in [0.1, 0.15) is 13.2 Å². The van der Waals surface area contributed by atoms with Crippen LogP contribution in [0.4, 0.5) is 0 Å². The molecule has 0 aliphatic heterocycles. The first kappa shape index (κ1) is 17.9. The van der Waals surface area contributed by atoms with Crippen LogP contribution in [0.3, 0.4) is 0 Å². The summed E-state index contributed by atoms with van der Waals surface area (Å²) < 4.78 is 4.51. The second-order valence-electron chi connectivity index (χ2n) is 4.14. The summed E-state index contributed by atoms with van der Waals surface area (Å²) in [5.41, 5.74) is 6.94. The van der Waals surface area contributed by atoms with E-state index in [0.717, 1.165) is 6.42 Å². The minimum absolute atomic E-state index is 0.0860. The van der Waals surface area contributed by atoms with Crippen molar-refractivity contribution in [2.75, 3.05) is 13.2 Å². The Morgan fingerprint density at radius 2 is 2.10 bits per heavy atom. The van der Waals surface area contributed by atoms with Gasteiger partial charge in [-0.2, -0.15) is 0 Å². The second-order valence-corrected chi connectivity index (χ2v) is 4.14. The molecule has 1 atom stereocenters. The van der Waals surface area contributed by atoms with Gasteiger partial charge in [-0.1, -0.05) is 43.0 Å². The molecule has 1 aromatic carbocycles. The number of amides is 1. The molecule has 3 N–H and O–H groups in total. The highest BCUT2D eigenvalue weighted by atomic mass is 16.5. The Bertz CT molecular complexity index is 377. The average molecular weight is 278 g/mol. The molecule has 0 aliphatic rings. The predicted octanol–water partition coefficient (Wildman–Crippen LogP) is 1.04. The fourth-order valence-corrected chi connectivity index (χ4v) is 1.31. The van der Waals surface area contributed by atoms with Gasteiger partial charge in [-0.25, -0.2) is 0 Å². The monoisotopic (exact) mass is 278 g/mol. The maximum absolute atomic E-state index is 10.5. The number of ether oxygens (including phenoxy) is 1. The Labute approximate surface area is 119 Å². The highest BCUT2D eigenvalue weighted by Gasteiger charge is 1.97. The lowest BCUT2D eigenvalue weighted by Gasteiger charge is -2.02. The third kappa shape index (κ3) is 11.0. The van der Waals surface area contributed by atoms with E-state index < -0.39 is 5.97 Å². The molecule has 0 spiro atoms. The SMILES string of the molecule is C=CCOC(=O)CNC=O.CC(N)Cc1ccccc1. The van der Waals surface area contributed by atoms with Gasteiger partial charge in [0.25, 0.3) is 0 Å². The van der Waals surface area contributed by atoms with Crippen LogP contribution in [0.5, 0.6) is 0 Å². The molecule has 0 aliphatic carbocycles. The summed E-state index contributed by atoms with van der Waals surface area (Å²) in [7, 11) is 0. The largest absolute Gasteiger partial charge is 0.460 e. The fraction of sp³-hybridized carbons (Fsp3) is 0.333. The topological polar surface area (TPSA) is 81.4 Å². The van der Waals surface area contributed by atoms with E-state index in [0.29, 0.717) is 6.41 Å². The van der Waals surface area contributed by atoms with E-state index in [-0.39, 0.29) is 19.2 Å². The van der Waals surface area contributed by atoms with Crippen molar-refractivity contribution in [1.82, 2.24) is 5.32 Å². The van der Waals surface area contributed by atoms with Crippen LogP contribution in [-0.2, 0) is 20.7 Å². The van der Waals surface area contributed by atoms with Gasteiger partial charge in [-0.05, 0) is 18.9 Å². The number of carbonyl (C=O) groups is 2. The van der Waals surface area contributed by atoms with Crippen LogP contribution < -0.4 is 11.1 Å². The molecule has 5 nitrogen and oxygen atoms in total. The normalized spacial score (nSPS) is 10.5. The van der Waals surface area contributed by atoms with Crippen LogP contribution >= 0.6 is 0 Å². The second kappa shape index (κ2) is 11.9. The van der Waals surface area contributed by atoms with Gasteiger partial charge in [-0.3, -0.25) is 9.59 Å². The predicted molar refractivity (Wildman–Crippen MR) is 79.0 cm³/mol. The Morgan fingerprint density at radius 1 is 1.45 bits per heavy atom. The maximum Gasteiger partial charge on any atom is 0.325 e. The van der Waals surface area contributed by atoms with Crippen molar-refractivity contribution >= 4 is 12.4 Å². The van der Waals surface area contributed by atoms with Crippen molar-refractivity contribution in [3.63, 3.8) is 0 Å². The van der Waals surface area contributed by atoms with Gasteiger partial charge in [0.15, 0.2) is 0 Å². The molecule has 1 rings (SSSR count). The Balaban J connectivity index is 0.000000361. The molecule has 0 saturated carbocycles. The fourth-order valence-electron chi connectivity index (χ4n) is 1.31. The van der Waals surface area contributed by atoms with Crippen LogP contribution in [0.15, 0.2) is 43.0 Å². The third-order valence-corrected chi connectivity index (χ3v) is 2.09. The number of nitrogens with two attached hydrogens (primary N) is 1. The summed E-state index contributed by atoms with van der Waals surface area (Å²) in [5, 5.41) is 2.17. The highest BCUT2D eigenvalue weighted by Crippen LogP contribution is 2.00.